The van der Waals surface area contributed by atoms with Crippen molar-refractivity contribution >= 4 is 76.4 Å². The number of hydrogen-bond acceptors (Lipinski definition) is 18. The number of unbranched alkanes of at least 4 members (excludes halogenated alkanes) is 2. The second-order valence-corrected chi connectivity index (χ2v) is 29.6. The van der Waals surface area contributed by atoms with Gasteiger partial charge in [-0.15, -0.1) is 0 Å². The molecule has 2 fully saturated rings. The van der Waals surface area contributed by atoms with E-state index in [1.807, 2.05) is 90.9 Å². The van der Waals surface area contributed by atoms with Crippen LogP contribution in [0.25, 0.3) is 0 Å². The molecule has 3 aliphatic heterocycles. The second kappa shape index (κ2) is 43.0. The number of nitrogens with two attached hydrogens (primary N) is 1. The Bertz CT molecular complexity index is 3230. The maximum absolute atomic E-state index is 14.7. The molecule has 28 heteroatoms. The molecule has 584 valence electrons. The Kier molecular flexibility index (Phi) is 35.8. The fraction of sp³-hybridized carbons (Fsp3) is 0.662. The zero-order valence-electron chi connectivity index (χ0n) is 64.1. The van der Waals surface area contributed by atoms with E-state index in [9.17, 15) is 67.7 Å². The normalized spacial score (nSPS) is 20.2. The predicted molar refractivity (Wildman–Crippen MR) is 395 cm³/mol. The number of aliphatic hydroxyl groups is 2. The maximum atomic E-state index is 14.7. The van der Waals surface area contributed by atoms with Crippen molar-refractivity contribution in [2.45, 2.75) is 232 Å². The maximum Gasteiger partial charge on any atom is 0.312 e. The first kappa shape index (κ1) is 87.6. The van der Waals surface area contributed by atoms with Gasteiger partial charge in [0.05, 0.1) is 54.8 Å². The summed E-state index contributed by atoms with van der Waals surface area (Å²) in [5.41, 5.74) is 7.39. The number of rotatable bonds is 45. The van der Waals surface area contributed by atoms with Gasteiger partial charge < -0.3 is 71.9 Å². The summed E-state index contributed by atoms with van der Waals surface area (Å²) in [7, 11) is 8.41. The number of benzene rings is 2. The molecule has 3 heterocycles. The van der Waals surface area contributed by atoms with Gasteiger partial charge in [-0.3, -0.25) is 62.5 Å². The molecular weight excluding hydrogens is 1350 g/mol. The van der Waals surface area contributed by atoms with Crippen molar-refractivity contribution in [1.82, 2.24) is 46.2 Å². The number of methoxy groups -OCH3 is 2. The molecule has 5 rings (SSSR count). The molecule has 105 heavy (non-hydrogen) atoms. The van der Waals surface area contributed by atoms with Crippen LogP contribution in [0.2, 0.25) is 0 Å². The molecular formula is C77H119N11O17. The lowest BCUT2D eigenvalue weighted by Gasteiger charge is -2.41. The zero-order valence-corrected chi connectivity index (χ0v) is 64.1. The standard InChI is InChI=1S/C77H119N11O17/c1-15-48(8)67(86(12)76(101)65(46(4)5)84-74(99)66(47(6)7)85(10)11)58(103-13)43-63(94)87-40-24-29-55(87)70(104-14)49(9)72(97)82-54(41-51-25-18-16-19-26-51)56(89)30-22-27-50-32-34-53(35-33-50)81-73(98)52(28-23-38-79-77(78)102)42-57(90)64(45(2)3)83-75(100)71-69(96)68(95)59(105-71)44-80-60(91)31-20-17-21-39-88-61(92)36-37-62(88)93/h16,18-19,25-26,32-37,45-49,52,54-55,58-59,64-71,95-96H,15,17,20-24,27-31,38-44H2,1-14H3,(H,80,91)(H,81,98)(H,82,97)(H,83,100)(H,84,99)(H3,78,79,102)/t48-,49+,52-,54?,55-,58+,59+,64?,65?,66-,67-,68?,69?,70+,71+/m0/s1. The number of ketones is 2. The van der Waals surface area contributed by atoms with Crippen molar-refractivity contribution in [2.24, 2.45) is 41.2 Å². The lowest BCUT2D eigenvalue weighted by molar-refractivity contribution is -0.148. The molecule has 0 aliphatic carbocycles. The second-order valence-electron chi connectivity index (χ2n) is 29.6. The van der Waals surface area contributed by atoms with E-state index in [1.54, 1.807) is 61.9 Å². The van der Waals surface area contributed by atoms with Crippen LogP contribution in [0, 0.1) is 35.5 Å². The van der Waals surface area contributed by atoms with E-state index < -0.39 is 120 Å². The zero-order chi connectivity index (χ0) is 77.9. The highest BCUT2D eigenvalue weighted by atomic mass is 16.5. The van der Waals surface area contributed by atoms with E-state index in [4.69, 9.17) is 19.9 Å². The van der Waals surface area contributed by atoms with Crippen LogP contribution in [0.15, 0.2) is 66.7 Å². The van der Waals surface area contributed by atoms with Gasteiger partial charge in [0, 0.05) is 90.5 Å². The lowest BCUT2D eigenvalue weighted by Crippen LogP contribution is -2.59. The number of likely N-dealkylation sites (tertiary alicyclic amines) is 1. The molecule has 2 saturated heterocycles. The van der Waals surface area contributed by atoms with Crippen molar-refractivity contribution < 1.29 is 82.0 Å². The SMILES string of the molecule is CC[C@H](C)[C@@H]([C@@H](CC(=O)N1CCC[C@H]1[C@H](OC)[C@@H](C)C(=O)NC(Cc1ccccc1)C(=O)CCCc1ccc(NC(=O)[C@@H](CCCNC(N)=O)CC(=O)C(NC(=O)[C@@H]2O[C@H](CNC(=O)CCCCCN3C(=O)C=CC3=O)C(O)C2O)C(C)C)cc1)OC)N(C)C(=O)C(NC(=O)[C@H](C(C)C)N(C)C)C(C)C. The van der Waals surface area contributed by atoms with Crippen LogP contribution in [-0.2, 0) is 79.8 Å². The van der Waals surface area contributed by atoms with Gasteiger partial charge in [-0.05, 0) is 119 Å². The highest BCUT2D eigenvalue weighted by molar-refractivity contribution is 6.12. The van der Waals surface area contributed by atoms with E-state index in [0.717, 1.165) is 16.0 Å². The minimum Gasteiger partial charge on any atom is -0.388 e. The number of aliphatic hydroxyl groups excluding tert-OH is 2. The summed E-state index contributed by atoms with van der Waals surface area (Å²) in [4.78, 5) is 168. The molecule has 11 amide bonds. The number of amides is 11. The average Bonchev–Trinajstić information content (AvgIpc) is 1.79. The smallest absolute Gasteiger partial charge is 0.312 e. The third-order valence-corrected chi connectivity index (χ3v) is 20.5. The predicted octanol–water partition coefficient (Wildman–Crippen LogP) is 4.15. The molecule has 0 aromatic heterocycles. The molecule has 3 aliphatic rings. The number of nitrogens with zero attached hydrogens (tertiary/aromatic N) is 4. The molecule has 0 radical (unpaired) electrons. The Morgan fingerprint density at radius 2 is 1.35 bits per heavy atom. The van der Waals surface area contributed by atoms with Gasteiger partial charge in [-0.25, -0.2) is 4.79 Å². The number of anilines is 1. The number of hydrogen-bond donors (Lipinski definition) is 9. The van der Waals surface area contributed by atoms with Crippen LogP contribution < -0.4 is 37.6 Å². The fourth-order valence-electron chi connectivity index (χ4n) is 14.4. The Hall–Kier alpha value is -8.02. The first-order chi connectivity index (χ1) is 49.7. The van der Waals surface area contributed by atoms with E-state index in [-0.39, 0.29) is 124 Å². The highest BCUT2D eigenvalue weighted by Gasteiger charge is 2.48. The molecule has 15 atom stereocenters. The molecule has 2 aromatic carbocycles. The van der Waals surface area contributed by atoms with Crippen molar-refractivity contribution in [3.05, 3.63) is 77.9 Å². The van der Waals surface area contributed by atoms with Crippen LogP contribution in [0.1, 0.15) is 157 Å². The summed E-state index contributed by atoms with van der Waals surface area (Å²) in [6.07, 6.45) is -0.454. The largest absolute Gasteiger partial charge is 0.388 e. The van der Waals surface area contributed by atoms with Gasteiger partial charge in [0.15, 0.2) is 17.7 Å². The summed E-state index contributed by atoms with van der Waals surface area (Å²) < 4.78 is 18.0. The number of nitrogens with one attached hydrogen (secondary N) is 6. The number of primary amides is 1. The third-order valence-electron chi connectivity index (χ3n) is 20.5. The summed E-state index contributed by atoms with van der Waals surface area (Å²) in [6, 6.07) is 11.2. The summed E-state index contributed by atoms with van der Waals surface area (Å²) in [6.45, 7) is 17.3. The van der Waals surface area contributed by atoms with E-state index >= 15 is 0 Å². The minimum atomic E-state index is -1.71. The molecule has 0 bridgehead atoms. The van der Waals surface area contributed by atoms with Crippen LogP contribution in [0.3, 0.4) is 0 Å². The Morgan fingerprint density at radius 3 is 1.94 bits per heavy atom. The number of ether oxygens (including phenoxy) is 3. The Morgan fingerprint density at radius 1 is 0.695 bits per heavy atom. The summed E-state index contributed by atoms with van der Waals surface area (Å²) in [5.74, 6) is -7.05. The van der Waals surface area contributed by atoms with Crippen LogP contribution in [0.5, 0.6) is 0 Å². The van der Waals surface area contributed by atoms with Crippen molar-refractivity contribution in [3.8, 4) is 0 Å². The number of carbonyl (C=O) groups is 12. The lowest BCUT2D eigenvalue weighted by atomic mass is 9.89. The van der Waals surface area contributed by atoms with Crippen LogP contribution in [-0.4, -0.2) is 235 Å². The van der Waals surface area contributed by atoms with Crippen molar-refractivity contribution in [1.29, 1.82) is 0 Å². The first-order valence-corrected chi connectivity index (χ1v) is 37.3. The Balaban J connectivity index is 1.18. The number of urea groups is 1. The number of likely N-dealkylation sites (N-methyl/N-ethyl adjacent to an activating group) is 2. The van der Waals surface area contributed by atoms with Crippen LogP contribution in [0.4, 0.5) is 10.5 Å². The monoisotopic (exact) mass is 1470 g/mol. The molecule has 0 saturated carbocycles. The Labute approximate surface area is 619 Å². The highest BCUT2D eigenvalue weighted by Crippen LogP contribution is 2.31. The van der Waals surface area contributed by atoms with E-state index in [1.165, 1.54) is 26.4 Å². The molecule has 5 unspecified atom stereocenters. The van der Waals surface area contributed by atoms with Gasteiger partial charge in [0.25, 0.3) is 17.7 Å². The van der Waals surface area contributed by atoms with Gasteiger partial charge in [-0.2, -0.15) is 0 Å². The number of imide groups is 1. The van der Waals surface area contributed by atoms with Gasteiger partial charge in [0.1, 0.15) is 24.4 Å². The summed E-state index contributed by atoms with van der Waals surface area (Å²) in [5, 5.41) is 38.5. The van der Waals surface area contributed by atoms with E-state index in [0.29, 0.717) is 63.6 Å². The average molecular weight is 1470 g/mol. The van der Waals surface area contributed by atoms with Gasteiger partial charge in [-0.1, -0.05) is 118 Å². The quantitative estimate of drug-likeness (QED) is 0.0332. The molecule has 10 N–H and O–H groups in total. The molecule has 0 spiro atoms. The summed E-state index contributed by atoms with van der Waals surface area (Å²) >= 11 is 0. The number of carbonyl (C=O) groups excluding carboxylic acids is 12. The minimum absolute atomic E-state index is 0.00969. The first-order valence-electron chi connectivity index (χ1n) is 37.3. The van der Waals surface area contributed by atoms with Crippen LogP contribution >= 0.6 is 0 Å². The van der Waals surface area contributed by atoms with Crippen molar-refractivity contribution in [2.75, 3.05) is 66.9 Å². The van der Waals surface area contributed by atoms with E-state index in [2.05, 4.69) is 31.9 Å². The van der Waals surface area contributed by atoms with Crippen molar-refractivity contribution in [3.63, 3.8) is 0 Å². The molecule has 2 aromatic rings. The number of Topliss-reactive ketones (excluding diaryl/α,β-unsaturated/α-hetero) is 2. The fourth-order valence-corrected chi connectivity index (χ4v) is 14.4. The van der Waals surface area contributed by atoms with Gasteiger partial charge in [0.2, 0.25) is 35.4 Å². The van der Waals surface area contributed by atoms with Gasteiger partial charge >= 0.3 is 6.03 Å². The topological polar surface area (TPSA) is 384 Å². The third kappa shape index (κ3) is 25.9. The molecule has 28 nitrogen and oxygen atoms in total. The number of aryl methyl sites for hydroxylation is 1.